The molecule has 8 fully saturated rings. The van der Waals surface area contributed by atoms with Crippen molar-refractivity contribution in [1.82, 2.24) is 9.97 Å². The van der Waals surface area contributed by atoms with Gasteiger partial charge in [-0.05, 0) is 126 Å². The number of hydrogen-bond acceptors (Lipinski definition) is 12. The number of aliphatic hydroxyl groups excluding tert-OH is 2. The standard InChI is InChI=1S/C54H74N2O10/c1-27-32-13-14-33-34-12-10-30-18-38-40(22-48(30,7)51(34,61)24-42(58)50(32,33)26-64-54(27)43(59)23-45(3,4)66-54)56-37-17-29-9-11-31-35(47(29,6)21-39(37)55-38)19-41(57)49(8)36(31)20-44-53(49,62)28(2)52(65-44)16-15-46(5,60)25-63-52/h14,20,27-32,34-35,41,43-44,57,59-62H,9-13,15-19,21-26H2,1-8H3/t27-,28+,29-,30-,31+,32+,34-,35-,41+,43+,44-,46-,47-,48-,49+,50+,51+,52-,53+,54?/m0/s1. The summed E-state index contributed by atoms with van der Waals surface area (Å²) in [5, 5.41) is 60.7. The minimum atomic E-state index is -1.33. The third-order valence-electron chi connectivity index (χ3n) is 22.9. The first kappa shape index (κ1) is 43.9. The molecule has 12 heteroatoms. The molecule has 1 aromatic heterocycles. The van der Waals surface area contributed by atoms with E-state index in [1.165, 1.54) is 0 Å². The number of Topliss-reactive ketones (excluding diaryl/α,β-unsaturated/α-hetero) is 1. The summed E-state index contributed by atoms with van der Waals surface area (Å²) in [4.78, 5) is 26.0. The molecule has 0 radical (unpaired) electrons. The highest BCUT2D eigenvalue weighted by atomic mass is 16.7. The minimum absolute atomic E-state index is 0.0537. The van der Waals surface area contributed by atoms with E-state index in [4.69, 9.17) is 28.9 Å². The lowest BCUT2D eigenvalue weighted by Gasteiger charge is -2.64. The van der Waals surface area contributed by atoms with Crippen LogP contribution >= 0.6 is 0 Å². The van der Waals surface area contributed by atoms with Gasteiger partial charge in [-0.25, -0.2) is 0 Å². The molecule has 66 heavy (non-hydrogen) atoms. The van der Waals surface area contributed by atoms with E-state index < -0.39 is 74.5 Å². The number of aliphatic hydroxyl groups is 5. The first-order valence-corrected chi connectivity index (χ1v) is 25.9. The van der Waals surface area contributed by atoms with Gasteiger partial charge in [0.25, 0.3) is 0 Å². The zero-order valence-electron chi connectivity index (χ0n) is 40.5. The maximum atomic E-state index is 15.0. The molecule has 8 aliphatic carbocycles. The molecule has 20 atom stereocenters. The molecule has 0 aromatic carbocycles. The molecule has 360 valence electrons. The van der Waals surface area contributed by atoms with E-state index >= 15 is 0 Å². The van der Waals surface area contributed by atoms with Crippen LogP contribution in [0.15, 0.2) is 23.3 Å². The van der Waals surface area contributed by atoms with E-state index in [0.717, 1.165) is 78.9 Å². The van der Waals surface area contributed by atoms with Gasteiger partial charge in [-0.3, -0.25) is 14.8 Å². The van der Waals surface area contributed by atoms with Crippen molar-refractivity contribution in [1.29, 1.82) is 0 Å². The Labute approximate surface area is 389 Å². The first-order chi connectivity index (χ1) is 30.9. The molecular weight excluding hydrogens is 837 g/mol. The van der Waals surface area contributed by atoms with Gasteiger partial charge in [-0.1, -0.05) is 57.9 Å². The predicted octanol–water partition coefficient (Wildman–Crippen LogP) is 5.65. The Hall–Kier alpha value is -2.13. The first-order valence-electron chi connectivity index (χ1n) is 25.9. The second-order valence-corrected chi connectivity index (χ2v) is 26.1. The number of hydrogen-bond donors (Lipinski definition) is 5. The monoisotopic (exact) mass is 911 g/mol. The average molecular weight is 911 g/mol. The maximum Gasteiger partial charge on any atom is 0.198 e. The molecule has 0 amide bonds. The van der Waals surface area contributed by atoms with E-state index in [-0.39, 0.29) is 66.3 Å². The van der Waals surface area contributed by atoms with Crippen molar-refractivity contribution in [3.8, 4) is 0 Å². The predicted molar refractivity (Wildman–Crippen MR) is 240 cm³/mol. The van der Waals surface area contributed by atoms with Crippen molar-refractivity contribution in [2.45, 2.75) is 198 Å². The highest BCUT2D eigenvalue weighted by Crippen LogP contribution is 2.72. The SMILES string of the molecule is C[C@@H]1[C@]2(CC[C@](C)(O)CO2)O[C@H]2C=C3[C@@H]4CC[C@H]5Cc6nc7c(nc6C[C@]5(C)[C@H]4C[C@@H](O)[C@]3(C)[C@]21O)C[C@@H]1CC[C@H]2C3=CC[C@@H]4[C@H](C)C5(OC[C@]34C(=O)C[C@]2(O)[C@@]1(C)C7)OC(C)(C)C[C@H]5O. The number of ketones is 1. The molecule has 5 heterocycles. The second kappa shape index (κ2) is 13.0. The Morgan fingerprint density at radius 2 is 1.47 bits per heavy atom. The summed E-state index contributed by atoms with van der Waals surface area (Å²) in [5.41, 5.74) is 0.00585. The Morgan fingerprint density at radius 1 is 0.758 bits per heavy atom. The fourth-order valence-corrected chi connectivity index (χ4v) is 19.0. The Morgan fingerprint density at radius 3 is 2.17 bits per heavy atom. The van der Waals surface area contributed by atoms with Crippen LogP contribution in [0, 0.1) is 69.0 Å². The van der Waals surface area contributed by atoms with Gasteiger partial charge in [0.1, 0.15) is 23.6 Å². The highest BCUT2D eigenvalue weighted by molar-refractivity contribution is 5.92. The van der Waals surface area contributed by atoms with E-state index in [9.17, 15) is 30.3 Å². The number of carbonyl (C=O) groups is 1. The maximum absolute atomic E-state index is 15.0. The van der Waals surface area contributed by atoms with Gasteiger partial charge in [0.05, 0.1) is 64.3 Å². The van der Waals surface area contributed by atoms with Gasteiger partial charge in [-0.2, -0.15) is 0 Å². The largest absolute Gasteiger partial charge is 0.392 e. The molecule has 4 aliphatic heterocycles. The number of carbonyl (C=O) groups excluding carboxylic acids is 1. The number of allylic oxidation sites excluding steroid dienone is 1. The normalized spacial score (nSPS) is 57.0. The topological polar surface area (TPSA) is 181 Å². The molecular formula is C54H74N2O10. The van der Waals surface area contributed by atoms with Crippen molar-refractivity contribution >= 4 is 5.78 Å². The lowest BCUT2D eigenvalue weighted by Crippen LogP contribution is -2.70. The van der Waals surface area contributed by atoms with Gasteiger partial charge < -0.3 is 44.5 Å². The molecule has 4 saturated carbocycles. The van der Waals surface area contributed by atoms with E-state index in [1.54, 1.807) is 6.92 Å². The number of aromatic nitrogens is 2. The van der Waals surface area contributed by atoms with Gasteiger partial charge in [0.2, 0.25) is 0 Å². The van der Waals surface area contributed by atoms with Crippen LogP contribution in [0.2, 0.25) is 0 Å². The van der Waals surface area contributed by atoms with Gasteiger partial charge >= 0.3 is 0 Å². The van der Waals surface area contributed by atoms with Crippen LogP contribution in [-0.4, -0.2) is 107 Å². The smallest absolute Gasteiger partial charge is 0.198 e. The third kappa shape index (κ3) is 4.97. The van der Waals surface area contributed by atoms with Crippen molar-refractivity contribution in [2.24, 2.45) is 69.0 Å². The summed E-state index contributed by atoms with van der Waals surface area (Å²) in [6, 6.07) is 0. The quantitative estimate of drug-likeness (QED) is 0.202. The zero-order chi connectivity index (χ0) is 46.4. The van der Waals surface area contributed by atoms with E-state index in [2.05, 4.69) is 39.8 Å². The van der Waals surface area contributed by atoms with Gasteiger partial charge in [0.15, 0.2) is 11.6 Å². The molecule has 12 aliphatic rings. The van der Waals surface area contributed by atoms with Crippen LogP contribution in [0.5, 0.6) is 0 Å². The van der Waals surface area contributed by atoms with Crippen LogP contribution in [0.25, 0.3) is 0 Å². The molecule has 12 nitrogen and oxygen atoms in total. The molecule has 1 unspecified atom stereocenters. The summed E-state index contributed by atoms with van der Waals surface area (Å²) in [5.74, 6) is -1.93. The summed E-state index contributed by atoms with van der Waals surface area (Å²) < 4.78 is 26.2. The molecule has 4 saturated heterocycles. The number of nitrogens with zero attached hydrogens (tertiary/aromatic N) is 2. The van der Waals surface area contributed by atoms with Gasteiger partial charge in [-0.15, -0.1) is 0 Å². The van der Waals surface area contributed by atoms with Crippen molar-refractivity contribution in [3.05, 3.63) is 46.1 Å². The third-order valence-corrected chi connectivity index (χ3v) is 22.9. The highest BCUT2D eigenvalue weighted by Gasteiger charge is 2.77. The lowest BCUT2D eigenvalue weighted by molar-refractivity contribution is -0.337. The van der Waals surface area contributed by atoms with Crippen LogP contribution in [-0.2, 0) is 49.4 Å². The van der Waals surface area contributed by atoms with Crippen LogP contribution in [0.4, 0.5) is 0 Å². The molecule has 1 aromatic rings. The molecule has 0 bridgehead atoms. The number of rotatable bonds is 0. The van der Waals surface area contributed by atoms with Crippen LogP contribution in [0.1, 0.15) is 142 Å². The fourth-order valence-electron chi connectivity index (χ4n) is 19.0. The summed E-state index contributed by atoms with van der Waals surface area (Å²) >= 11 is 0. The molecule has 3 spiro atoms. The van der Waals surface area contributed by atoms with Crippen LogP contribution < -0.4 is 0 Å². The van der Waals surface area contributed by atoms with E-state index in [0.29, 0.717) is 44.4 Å². The van der Waals surface area contributed by atoms with E-state index in [1.807, 2.05) is 20.8 Å². The fraction of sp³-hybridized carbons (Fsp3) is 0.833. The Bertz CT molecular complexity index is 2390. The lowest BCUT2D eigenvalue weighted by atomic mass is 9.42. The Kier molecular flexibility index (Phi) is 8.66. The Balaban J connectivity index is 0.769. The van der Waals surface area contributed by atoms with Crippen LogP contribution in [0.3, 0.4) is 0 Å². The summed E-state index contributed by atoms with van der Waals surface area (Å²) in [6.45, 7) is 16.9. The van der Waals surface area contributed by atoms with Crippen molar-refractivity contribution in [3.63, 3.8) is 0 Å². The zero-order valence-corrected chi connectivity index (χ0v) is 40.5. The van der Waals surface area contributed by atoms with Crippen molar-refractivity contribution < 1.29 is 49.3 Å². The summed E-state index contributed by atoms with van der Waals surface area (Å²) in [6.07, 6.45) is 11.9. The minimum Gasteiger partial charge on any atom is -0.392 e. The number of ether oxygens (including phenoxy) is 4. The van der Waals surface area contributed by atoms with Gasteiger partial charge in [0, 0.05) is 47.8 Å². The summed E-state index contributed by atoms with van der Waals surface area (Å²) in [7, 11) is 0. The van der Waals surface area contributed by atoms with Crippen molar-refractivity contribution in [2.75, 3.05) is 13.2 Å². The second-order valence-electron chi connectivity index (χ2n) is 26.1. The average Bonchev–Trinajstić information content (AvgIpc) is 3.90. The number of fused-ring (bicyclic) bond motifs is 13. The molecule has 5 N–H and O–H groups in total. The molecule has 13 rings (SSSR count).